The van der Waals surface area contributed by atoms with Crippen LogP contribution < -0.4 is 5.73 Å². The molecule has 0 aromatic rings. The fourth-order valence-corrected chi connectivity index (χ4v) is 1.65. The third-order valence-electron chi connectivity index (χ3n) is 1.02. The van der Waals surface area contributed by atoms with E-state index in [1.807, 2.05) is 0 Å². The molecule has 0 aliphatic heterocycles. The van der Waals surface area contributed by atoms with Crippen molar-refractivity contribution in [3.05, 3.63) is 0 Å². The molecule has 0 aliphatic rings. The summed E-state index contributed by atoms with van der Waals surface area (Å²) in [6.45, 7) is 2.13. The van der Waals surface area contributed by atoms with Gasteiger partial charge in [-0.3, -0.25) is 0 Å². The molecule has 0 amide bonds. The predicted molar refractivity (Wildman–Crippen MR) is 35.4 cm³/mol. The molecule has 0 saturated heterocycles. The summed E-state index contributed by atoms with van der Waals surface area (Å²) in [6.07, 6.45) is 0. The highest BCUT2D eigenvalue weighted by molar-refractivity contribution is 6.56. The molecule has 0 aromatic carbocycles. The van der Waals surface area contributed by atoms with E-state index in [0.717, 1.165) is 0 Å². The van der Waals surface area contributed by atoms with Crippen molar-refractivity contribution in [3.8, 4) is 0 Å². The smallest absolute Gasteiger partial charge is 0.390 e. The molecule has 0 aliphatic carbocycles. The van der Waals surface area contributed by atoms with Gasteiger partial charge in [-0.25, -0.2) is 0 Å². The van der Waals surface area contributed by atoms with Crippen molar-refractivity contribution >= 4 is 8.80 Å². The zero-order valence-corrected chi connectivity index (χ0v) is 6.41. The first-order chi connectivity index (χ1) is 3.95. The summed E-state index contributed by atoms with van der Waals surface area (Å²) in [5, 5.41) is 0. The second-order valence-electron chi connectivity index (χ2n) is 2.32. The van der Waals surface area contributed by atoms with Crippen LogP contribution in [-0.2, 0) is 0 Å². The van der Waals surface area contributed by atoms with Crippen LogP contribution in [0.4, 0.5) is 0 Å². The van der Waals surface area contributed by atoms with Crippen LogP contribution in [0.2, 0.25) is 6.04 Å². The lowest BCUT2D eigenvalue weighted by Crippen LogP contribution is -2.37. The molecule has 0 saturated carbocycles. The predicted octanol–water partition coefficient (Wildman–Crippen LogP) is -1.50. The maximum absolute atomic E-state index is 8.51. The number of hydrogen-bond acceptors (Lipinski definition) is 4. The van der Waals surface area contributed by atoms with E-state index in [1.54, 1.807) is 6.92 Å². The van der Waals surface area contributed by atoms with Gasteiger partial charge in [0.2, 0.25) is 0 Å². The second-order valence-corrected chi connectivity index (χ2v) is 4.28. The molecule has 0 bridgehead atoms. The zero-order valence-electron chi connectivity index (χ0n) is 5.41. The molecule has 1 atom stereocenters. The average molecular weight is 151 g/mol. The van der Waals surface area contributed by atoms with Crippen LogP contribution in [0.3, 0.4) is 0 Å². The molecule has 1 unspecified atom stereocenters. The first kappa shape index (κ1) is 9.06. The summed E-state index contributed by atoms with van der Waals surface area (Å²) in [7, 11) is -3.82. The maximum Gasteiger partial charge on any atom is 0.493 e. The summed E-state index contributed by atoms with van der Waals surface area (Å²) in [5.41, 5.74) is 5.17. The van der Waals surface area contributed by atoms with Crippen LogP contribution in [0, 0.1) is 5.92 Å². The standard InChI is InChI=1S/C4H13NO3Si/c1-4(2-5)3-9(6,7)8/h4,6-8H,2-3,5H2,1H3. The van der Waals surface area contributed by atoms with Crippen LogP contribution >= 0.6 is 0 Å². The SMILES string of the molecule is CC(CN)C[Si](O)(O)O. The Morgan fingerprint density at radius 3 is 2.00 bits per heavy atom. The van der Waals surface area contributed by atoms with Crippen molar-refractivity contribution in [1.82, 2.24) is 0 Å². The number of rotatable bonds is 3. The normalized spacial score (nSPS) is 15.7. The Morgan fingerprint density at radius 2 is 1.89 bits per heavy atom. The van der Waals surface area contributed by atoms with Crippen LogP contribution in [0.25, 0.3) is 0 Å². The minimum absolute atomic E-state index is 0.0170. The van der Waals surface area contributed by atoms with E-state index < -0.39 is 8.80 Å². The molecular weight excluding hydrogens is 138 g/mol. The van der Waals surface area contributed by atoms with Gasteiger partial charge in [-0.2, -0.15) is 0 Å². The molecule has 0 rings (SSSR count). The van der Waals surface area contributed by atoms with Crippen molar-refractivity contribution in [1.29, 1.82) is 0 Å². The highest BCUT2D eigenvalue weighted by atomic mass is 28.4. The van der Waals surface area contributed by atoms with E-state index in [1.165, 1.54) is 0 Å². The van der Waals surface area contributed by atoms with Crippen LogP contribution in [-0.4, -0.2) is 29.7 Å². The van der Waals surface area contributed by atoms with E-state index in [-0.39, 0.29) is 12.0 Å². The quantitative estimate of drug-likeness (QED) is 0.370. The van der Waals surface area contributed by atoms with Gasteiger partial charge in [0.25, 0.3) is 0 Å². The van der Waals surface area contributed by atoms with Gasteiger partial charge in [0, 0.05) is 6.04 Å². The van der Waals surface area contributed by atoms with E-state index in [4.69, 9.17) is 20.1 Å². The molecule has 0 radical (unpaired) electrons. The van der Waals surface area contributed by atoms with E-state index in [9.17, 15) is 0 Å². The Balaban J connectivity index is 3.47. The molecule has 0 aromatic heterocycles. The lowest BCUT2D eigenvalue weighted by atomic mass is 10.2. The minimum atomic E-state index is -3.82. The molecule has 0 spiro atoms. The summed E-state index contributed by atoms with van der Waals surface area (Å²) in [5.74, 6) is -0.0170. The highest BCUT2D eigenvalue weighted by Crippen LogP contribution is 2.06. The Kier molecular flexibility index (Phi) is 3.30. The van der Waals surface area contributed by atoms with E-state index in [0.29, 0.717) is 6.54 Å². The fourth-order valence-electron chi connectivity index (χ4n) is 0.551. The van der Waals surface area contributed by atoms with Gasteiger partial charge in [0.15, 0.2) is 0 Å². The van der Waals surface area contributed by atoms with Crippen molar-refractivity contribution in [2.75, 3.05) is 6.54 Å². The van der Waals surface area contributed by atoms with Gasteiger partial charge in [0.05, 0.1) is 0 Å². The number of nitrogens with two attached hydrogens (primary N) is 1. The lowest BCUT2D eigenvalue weighted by molar-refractivity contribution is 0.220. The highest BCUT2D eigenvalue weighted by Gasteiger charge is 2.28. The van der Waals surface area contributed by atoms with Gasteiger partial charge < -0.3 is 20.1 Å². The van der Waals surface area contributed by atoms with Gasteiger partial charge >= 0.3 is 8.80 Å². The minimum Gasteiger partial charge on any atom is -0.390 e. The Hall–Kier alpha value is 0.0569. The van der Waals surface area contributed by atoms with Crippen LogP contribution in [0.15, 0.2) is 0 Å². The van der Waals surface area contributed by atoms with E-state index >= 15 is 0 Å². The summed E-state index contributed by atoms with van der Waals surface area (Å²) >= 11 is 0. The maximum atomic E-state index is 8.51. The molecule has 5 heteroatoms. The second kappa shape index (κ2) is 3.28. The lowest BCUT2D eigenvalue weighted by Gasteiger charge is -2.12. The first-order valence-electron chi connectivity index (χ1n) is 2.83. The Bertz CT molecular complexity index is 82.4. The van der Waals surface area contributed by atoms with E-state index in [2.05, 4.69) is 0 Å². The molecule has 0 heterocycles. The largest absolute Gasteiger partial charge is 0.493 e. The molecule has 4 nitrogen and oxygen atoms in total. The Labute approximate surface area is 55.3 Å². The van der Waals surface area contributed by atoms with Gasteiger partial charge in [-0.05, 0) is 12.5 Å². The Morgan fingerprint density at radius 1 is 1.44 bits per heavy atom. The average Bonchev–Trinajstić information content (AvgIpc) is 1.62. The molecule has 56 valence electrons. The first-order valence-corrected chi connectivity index (χ1v) is 4.88. The van der Waals surface area contributed by atoms with Crippen molar-refractivity contribution < 1.29 is 14.4 Å². The van der Waals surface area contributed by atoms with Crippen molar-refractivity contribution in [3.63, 3.8) is 0 Å². The third-order valence-corrected chi connectivity index (χ3v) is 2.27. The monoisotopic (exact) mass is 151 g/mol. The van der Waals surface area contributed by atoms with Gasteiger partial charge in [-0.1, -0.05) is 6.92 Å². The van der Waals surface area contributed by atoms with Gasteiger partial charge in [0.1, 0.15) is 0 Å². The molecule has 5 N–H and O–H groups in total. The zero-order chi connectivity index (χ0) is 7.49. The molecular formula is C4H13NO3Si. The van der Waals surface area contributed by atoms with Gasteiger partial charge in [-0.15, -0.1) is 0 Å². The topological polar surface area (TPSA) is 86.7 Å². The van der Waals surface area contributed by atoms with Crippen molar-refractivity contribution in [2.45, 2.75) is 13.0 Å². The molecule has 9 heavy (non-hydrogen) atoms. The summed E-state index contributed by atoms with van der Waals surface area (Å²) < 4.78 is 0. The van der Waals surface area contributed by atoms with Crippen LogP contribution in [0.5, 0.6) is 0 Å². The molecule has 0 fully saturated rings. The summed E-state index contributed by atoms with van der Waals surface area (Å²) in [4.78, 5) is 25.5. The van der Waals surface area contributed by atoms with Crippen molar-refractivity contribution in [2.24, 2.45) is 11.7 Å². The van der Waals surface area contributed by atoms with Crippen LogP contribution in [0.1, 0.15) is 6.92 Å². The number of hydrogen-bond donors (Lipinski definition) is 4. The fraction of sp³-hybridized carbons (Fsp3) is 1.00. The third kappa shape index (κ3) is 5.94. The summed E-state index contributed by atoms with van der Waals surface area (Å²) in [6, 6.07) is 0.0312.